The van der Waals surface area contributed by atoms with Crippen LogP contribution in [0.1, 0.15) is 118 Å². The van der Waals surface area contributed by atoms with Gasteiger partial charge in [-0.3, -0.25) is 0 Å². The summed E-state index contributed by atoms with van der Waals surface area (Å²) in [5.74, 6) is 0. The lowest BCUT2D eigenvalue weighted by Crippen LogP contribution is -2.46. The molecule has 0 saturated carbocycles. The summed E-state index contributed by atoms with van der Waals surface area (Å²) in [5, 5.41) is 38.9. The maximum atomic E-state index is 11.9. The highest BCUT2D eigenvalue weighted by Crippen LogP contribution is 2.24. The smallest absolute Gasteiger partial charge is 0.315 e. The van der Waals surface area contributed by atoms with Gasteiger partial charge in [0.15, 0.2) is 0 Å². The van der Waals surface area contributed by atoms with E-state index in [1.165, 1.54) is 27.8 Å². The molecule has 15 nitrogen and oxygen atoms in total. The van der Waals surface area contributed by atoms with Gasteiger partial charge in [-0.1, -0.05) is 24.3 Å². The number of urea groups is 3. The number of hydrogen-bond donors (Lipinski definition) is 12. The van der Waals surface area contributed by atoms with Crippen LogP contribution in [0.15, 0.2) is 42.5 Å². The zero-order valence-electron chi connectivity index (χ0n) is 40.6. The zero-order chi connectivity index (χ0) is 46.4. The van der Waals surface area contributed by atoms with Gasteiger partial charge in [0.1, 0.15) is 0 Å². The summed E-state index contributed by atoms with van der Waals surface area (Å²) in [6, 6.07) is 15.4. The Hall–Kier alpha value is -3.99. The topological polar surface area (TPSA) is 196 Å². The van der Waals surface area contributed by atoms with Crippen LogP contribution < -0.4 is 63.8 Å². The molecule has 6 amide bonds. The van der Waals surface area contributed by atoms with Gasteiger partial charge in [-0.25, -0.2) is 14.4 Å². The molecule has 0 aliphatic heterocycles. The third-order valence-electron chi connectivity index (χ3n) is 9.33. The molecule has 358 valence electrons. The second-order valence-corrected chi connectivity index (χ2v) is 19.5. The summed E-state index contributed by atoms with van der Waals surface area (Å²) in [5.41, 5.74) is 5.52. The van der Waals surface area contributed by atoms with Crippen molar-refractivity contribution in [3.63, 3.8) is 0 Å². The van der Waals surface area contributed by atoms with E-state index in [1.807, 2.05) is 62.3 Å². The molecule has 2 rings (SSSR count). The first-order chi connectivity index (χ1) is 29.9. The SMILES string of the molecule is CC(C)(C)NC(=O)NCCCNCCCNCc1cccc(-c2cc(CNCCCNCCCNC(=O)NC(C)(C)C)cc(CNCCCNCCCNC(=O)NC(C)(C)C)c2)c1. The third kappa shape index (κ3) is 31.5. The van der Waals surface area contributed by atoms with Crippen molar-refractivity contribution in [2.24, 2.45) is 0 Å². The van der Waals surface area contributed by atoms with Crippen molar-refractivity contribution in [2.45, 2.75) is 137 Å². The summed E-state index contributed by atoms with van der Waals surface area (Å²) in [6.45, 7) is 30.2. The fourth-order valence-electron chi connectivity index (χ4n) is 6.48. The van der Waals surface area contributed by atoms with E-state index >= 15 is 0 Å². The van der Waals surface area contributed by atoms with Gasteiger partial charge in [0.05, 0.1) is 0 Å². The first-order valence-corrected chi connectivity index (χ1v) is 23.5. The number of benzene rings is 2. The molecule has 0 aliphatic rings. The van der Waals surface area contributed by atoms with Crippen LogP contribution in [0.25, 0.3) is 11.1 Å². The van der Waals surface area contributed by atoms with Crippen molar-refractivity contribution < 1.29 is 14.4 Å². The highest BCUT2D eigenvalue weighted by atomic mass is 16.2. The fraction of sp³-hybridized carbons (Fsp3) is 0.688. The minimum Gasteiger partial charge on any atom is -0.338 e. The molecule has 63 heavy (non-hydrogen) atoms. The minimum absolute atomic E-state index is 0.118. The number of rotatable bonds is 31. The number of hydrogen-bond acceptors (Lipinski definition) is 9. The molecular weight excluding hydrogens is 793 g/mol. The molecule has 2 aromatic carbocycles. The quantitative estimate of drug-likeness (QED) is 0.0461. The van der Waals surface area contributed by atoms with E-state index in [0.717, 1.165) is 117 Å². The lowest BCUT2D eigenvalue weighted by atomic mass is 9.98. The summed E-state index contributed by atoms with van der Waals surface area (Å²) < 4.78 is 0. The number of amides is 6. The molecular formula is C48H88N12O3. The molecule has 0 saturated heterocycles. The van der Waals surface area contributed by atoms with E-state index in [2.05, 4.69) is 106 Å². The molecule has 0 heterocycles. The zero-order valence-corrected chi connectivity index (χ0v) is 40.6. The summed E-state index contributed by atoms with van der Waals surface area (Å²) in [6.07, 6.45) is 5.73. The predicted octanol–water partition coefficient (Wildman–Crippen LogP) is 5.02. The molecule has 0 unspecified atom stereocenters. The van der Waals surface area contributed by atoms with Crippen LogP contribution in [0.4, 0.5) is 14.4 Å². The van der Waals surface area contributed by atoms with Gasteiger partial charge in [-0.05, 0) is 206 Å². The molecule has 2 aromatic rings. The lowest BCUT2D eigenvalue weighted by molar-refractivity contribution is 0.231. The molecule has 0 bridgehead atoms. The molecule has 0 spiro atoms. The van der Waals surface area contributed by atoms with E-state index in [0.29, 0.717) is 19.6 Å². The molecule has 0 radical (unpaired) electrons. The maximum absolute atomic E-state index is 11.9. The Balaban J connectivity index is 1.81. The average Bonchev–Trinajstić information content (AvgIpc) is 3.18. The maximum Gasteiger partial charge on any atom is 0.315 e. The van der Waals surface area contributed by atoms with E-state index in [-0.39, 0.29) is 34.7 Å². The molecule has 12 N–H and O–H groups in total. The van der Waals surface area contributed by atoms with Crippen molar-refractivity contribution in [2.75, 3.05) is 78.5 Å². The third-order valence-corrected chi connectivity index (χ3v) is 9.33. The lowest BCUT2D eigenvalue weighted by Gasteiger charge is -2.20. The van der Waals surface area contributed by atoms with E-state index in [4.69, 9.17) is 0 Å². The Morgan fingerprint density at radius 2 is 0.667 bits per heavy atom. The van der Waals surface area contributed by atoms with Gasteiger partial charge in [0.25, 0.3) is 0 Å². The summed E-state index contributed by atoms with van der Waals surface area (Å²) >= 11 is 0. The van der Waals surface area contributed by atoms with Crippen molar-refractivity contribution >= 4 is 18.1 Å². The van der Waals surface area contributed by atoms with Gasteiger partial charge in [-0.15, -0.1) is 0 Å². The highest BCUT2D eigenvalue weighted by Gasteiger charge is 2.14. The normalized spacial score (nSPS) is 11.9. The highest BCUT2D eigenvalue weighted by molar-refractivity contribution is 5.75. The Kier molecular flexibility index (Phi) is 27.1. The van der Waals surface area contributed by atoms with Crippen molar-refractivity contribution in [3.05, 3.63) is 59.2 Å². The van der Waals surface area contributed by atoms with Crippen LogP contribution in [0, 0.1) is 0 Å². The van der Waals surface area contributed by atoms with Gasteiger partial charge in [-0.2, -0.15) is 0 Å². The largest absolute Gasteiger partial charge is 0.338 e. The standard InChI is InChI=1S/C48H88N12O3/c1-46(2,3)58-43(61)55-28-14-22-49-19-11-25-52-35-38-17-10-18-41(32-38)42-33-39(36-53-26-12-20-50-23-15-29-56-44(62)59-47(4,5)6)31-40(34-42)37-54-27-13-21-51-24-16-30-57-45(63)60-48(7,8)9/h10,17-18,31-34,49-54H,11-16,19-30,35-37H2,1-9H3,(H2,55,58,61)(H2,56,59,62)(H2,57,60,63). The van der Waals surface area contributed by atoms with E-state index in [1.54, 1.807) is 0 Å². The average molecular weight is 881 g/mol. The Morgan fingerprint density at radius 3 is 1.02 bits per heavy atom. The summed E-state index contributed by atoms with van der Waals surface area (Å²) in [7, 11) is 0. The Labute approximate surface area is 381 Å². The molecule has 0 aliphatic carbocycles. The Morgan fingerprint density at radius 1 is 0.365 bits per heavy atom. The van der Waals surface area contributed by atoms with Crippen LogP contribution in [0.5, 0.6) is 0 Å². The van der Waals surface area contributed by atoms with Crippen molar-refractivity contribution in [1.82, 2.24) is 63.8 Å². The number of nitrogens with one attached hydrogen (secondary N) is 12. The van der Waals surface area contributed by atoms with Crippen molar-refractivity contribution in [3.8, 4) is 11.1 Å². The fourth-order valence-corrected chi connectivity index (χ4v) is 6.48. The van der Waals surface area contributed by atoms with E-state index in [9.17, 15) is 14.4 Å². The van der Waals surface area contributed by atoms with Crippen LogP contribution in [0.3, 0.4) is 0 Å². The van der Waals surface area contributed by atoms with Crippen LogP contribution in [-0.4, -0.2) is 113 Å². The molecule has 15 heteroatoms. The van der Waals surface area contributed by atoms with Crippen LogP contribution >= 0.6 is 0 Å². The molecule has 0 atom stereocenters. The number of carbonyl (C=O) groups excluding carboxylic acids is 3. The Bertz CT molecular complexity index is 1500. The van der Waals surface area contributed by atoms with Crippen LogP contribution in [0.2, 0.25) is 0 Å². The minimum atomic E-state index is -0.238. The van der Waals surface area contributed by atoms with Gasteiger partial charge in [0.2, 0.25) is 0 Å². The van der Waals surface area contributed by atoms with Gasteiger partial charge >= 0.3 is 18.1 Å². The molecule has 0 fully saturated rings. The summed E-state index contributed by atoms with van der Waals surface area (Å²) in [4.78, 5) is 35.8. The monoisotopic (exact) mass is 881 g/mol. The molecule has 0 aromatic heterocycles. The van der Waals surface area contributed by atoms with Crippen LogP contribution in [-0.2, 0) is 19.6 Å². The first-order valence-electron chi connectivity index (χ1n) is 23.5. The van der Waals surface area contributed by atoms with Gasteiger partial charge in [0, 0.05) is 55.9 Å². The van der Waals surface area contributed by atoms with E-state index < -0.39 is 0 Å². The van der Waals surface area contributed by atoms with Crippen molar-refractivity contribution in [1.29, 1.82) is 0 Å². The number of carbonyl (C=O) groups is 3. The second-order valence-electron chi connectivity index (χ2n) is 19.5. The van der Waals surface area contributed by atoms with Gasteiger partial charge < -0.3 is 63.8 Å². The second kappa shape index (κ2) is 31.0. The first kappa shape index (κ1) is 55.1. The predicted molar refractivity (Wildman–Crippen MR) is 262 cm³/mol.